The number of carbonyl (C=O) groups excluding carboxylic acids is 1. The highest BCUT2D eigenvalue weighted by Crippen LogP contribution is 2.24. The van der Waals surface area contributed by atoms with Gasteiger partial charge in [0.1, 0.15) is 18.2 Å². The van der Waals surface area contributed by atoms with E-state index in [0.29, 0.717) is 12.2 Å². The van der Waals surface area contributed by atoms with Crippen LogP contribution in [0.3, 0.4) is 0 Å². The van der Waals surface area contributed by atoms with E-state index < -0.39 is 10.9 Å². The molecule has 100 valence electrons. The molecule has 0 fully saturated rings. The minimum atomic E-state index is -0.612. The molecule has 0 radical (unpaired) electrons. The molecule has 0 atom stereocenters. The lowest BCUT2D eigenvalue weighted by Crippen LogP contribution is -2.30. The van der Waals surface area contributed by atoms with Crippen molar-refractivity contribution in [3.05, 3.63) is 33.9 Å². The summed E-state index contributed by atoms with van der Waals surface area (Å²) in [6, 6.07) is 5.94. The number of carbonyl (C=O) groups is 1. The molecule has 0 saturated carbocycles. The molecule has 1 aromatic rings. The fourth-order valence-electron chi connectivity index (χ4n) is 1.58. The highest BCUT2D eigenvalue weighted by Gasteiger charge is 2.17. The van der Waals surface area contributed by atoms with Crippen molar-refractivity contribution >= 4 is 17.3 Å². The van der Waals surface area contributed by atoms with Crippen LogP contribution in [0.4, 0.5) is 11.4 Å². The van der Waals surface area contributed by atoms with Crippen molar-refractivity contribution in [2.24, 2.45) is 0 Å². The number of hydrogen-bond acceptors (Lipinski definition) is 6. The van der Waals surface area contributed by atoms with Crippen LogP contribution in [0.2, 0.25) is 0 Å². The number of ether oxygens (including phenoxy) is 1. The first-order chi connectivity index (χ1) is 9.03. The smallest absolute Gasteiger partial charge is 0.325 e. The summed E-state index contributed by atoms with van der Waals surface area (Å²) in [5.74, 6) is -0.418. The van der Waals surface area contributed by atoms with Gasteiger partial charge in [0, 0.05) is 18.3 Å². The predicted molar refractivity (Wildman–Crippen MR) is 67.7 cm³/mol. The number of likely N-dealkylation sites (N-methyl/N-ethyl adjacent to an activating group) is 1. The standard InChI is InChI=1S/C12H13N3O4/c1-3-14(8-12(16)19-2)10-4-5-11(15(17)18)9(6-10)7-13/h4-6H,3,8H2,1-2H3. The second-order valence-corrected chi connectivity index (χ2v) is 3.66. The average Bonchev–Trinajstić information content (AvgIpc) is 2.43. The zero-order valence-corrected chi connectivity index (χ0v) is 10.6. The van der Waals surface area contributed by atoms with E-state index in [2.05, 4.69) is 4.74 Å². The van der Waals surface area contributed by atoms with E-state index in [4.69, 9.17) is 5.26 Å². The van der Waals surface area contributed by atoms with Crippen LogP contribution in [0.15, 0.2) is 18.2 Å². The third-order valence-electron chi connectivity index (χ3n) is 2.59. The molecule has 1 aromatic carbocycles. The first kappa shape index (κ1) is 14.4. The first-order valence-corrected chi connectivity index (χ1v) is 5.53. The van der Waals surface area contributed by atoms with Gasteiger partial charge in [0.15, 0.2) is 0 Å². The normalized spacial score (nSPS) is 9.53. The van der Waals surface area contributed by atoms with E-state index in [1.165, 1.54) is 25.3 Å². The molecule has 0 bridgehead atoms. The number of rotatable bonds is 5. The molecule has 0 amide bonds. The maximum Gasteiger partial charge on any atom is 0.325 e. The van der Waals surface area contributed by atoms with Gasteiger partial charge in [0.25, 0.3) is 5.69 Å². The van der Waals surface area contributed by atoms with Crippen LogP contribution in [-0.4, -0.2) is 31.1 Å². The van der Waals surface area contributed by atoms with Crippen molar-refractivity contribution in [2.75, 3.05) is 25.1 Å². The van der Waals surface area contributed by atoms with Crippen LogP contribution >= 0.6 is 0 Å². The number of nitriles is 1. The number of nitrogens with zero attached hydrogens (tertiary/aromatic N) is 3. The van der Waals surface area contributed by atoms with E-state index >= 15 is 0 Å². The summed E-state index contributed by atoms with van der Waals surface area (Å²) in [5, 5.41) is 19.6. The van der Waals surface area contributed by atoms with Crippen molar-refractivity contribution in [1.82, 2.24) is 0 Å². The number of hydrogen-bond donors (Lipinski definition) is 0. The van der Waals surface area contributed by atoms with Crippen molar-refractivity contribution in [1.29, 1.82) is 5.26 Å². The molecule has 0 saturated heterocycles. The third kappa shape index (κ3) is 3.42. The quantitative estimate of drug-likeness (QED) is 0.453. The Morgan fingerprint density at radius 2 is 2.26 bits per heavy atom. The zero-order chi connectivity index (χ0) is 14.4. The van der Waals surface area contributed by atoms with Gasteiger partial charge in [0.05, 0.1) is 12.0 Å². The molecular weight excluding hydrogens is 250 g/mol. The molecular formula is C12H13N3O4. The van der Waals surface area contributed by atoms with E-state index in [1.807, 2.05) is 6.92 Å². The topological polar surface area (TPSA) is 96.5 Å². The number of benzene rings is 1. The fourth-order valence-corrected chi connectivity index (χ4v) is 1.58. The Hall–Kier alpha value is -2.62. The molecule has 0 spiro atoms. The second kappa shape index (κ2) is 6.35. The van der Waals surface area contributed by atoms with Crippen LogP contribution in [0, 0.1) is 21.4 Å². The Kier molecular flexibility index (Phi) is 4.83. The lowest BCUT2D eigenvalue weighted by Gasteiger charge is -2.21. The van der Waals surface area contributed by atoms with Gasteiger partial charge in [-0.1, -0.05) is 0 Å². The van der Waals surface area contributed by atoms with Crippen molar-refractivity contribution < 1.29 is 14.5 Å². The molecule has 19 heavy (non-hydrogen) atoms. The Morgan fingerprint density at radius 3 is 2.74 bits per heavy atom. The van der Waals surface area contributed by atoms with Gasteiger partial charge < -0.3 is 9.64 Å². The molecule has 0 aromatic heterocycles. The van der Waals surface area contributed by atoms with E-state index in [1.54, 1.807) is 11.0 Å². The molecule has 1 rings (SSSR count). The molecule has 7 heteroatoms. The monoisotopic (exact) mass is 263 g/mol. The summed E-state index contributed by atoms with van der Waals surface area (Å²) >= 11 is 0. The Bertz CT molecular complexity index is 536. The number of nitro groups is 1. The Labute approximate surface area is 110 Å². The zero-order valence-electron chi connectivity index (χ0n) is 10.6. The maximum absolute atomic E-state index is 11.2. The molecule has 0 heterocycles. The Balaban J connectivity index is 3.10. The van der Waals surface area contributed by atoms with Crippen molar-refractivity contribution in [3.8, 4) is 6.07 Å². The van der Waals surface area contributed by atoms with E-state index in [0.717, 1.165) is 0 Å². The molecule has 0 aliphatic heterocycles. The van der Waals surface area contributed by atoms with E-state index in [-0.39, 0.29) is 17.8 Å². The molecule has 0 aliphatic rings. The lowest BCUT2D eigenvalue weighted by molar-refractivity contribution is -0.385. The summed E-state index contributed by atoms with van der Waals surface area (Å²) in [6.45, 7) is 2.36. The molecule has 0 N–H and O–H groups in total. The van der Waals surface area contributed by atoms with Gasteiger partial charge in [-0.3, -0.25) is 14.9 Å². The number of anilines is 1. The van der Waals surface area contributed by atoms with Gasteiger partial charge >= 0.3 is 5.97 Å². The van der Waals surface area contributed by atoms with Crippen LogP contribution in [0.25, 0.3) is 0 Å². The van der Waals surface area contributed by atoms with Gasteiger partial charge in [0.2, 0.25) is 0 Å². The van der Waals surface area contributed by atoms with Crippen LogP contribution in [-0.2, 0) is 9.53 Å². The van der Waals surface area contributed by atoms with E-state index in [9.17, 15) is 14.9 Å². The minimum absolute atomic E-state index is 0.0235. The highest BCUT2D eigenvalue weighted by molar-refractivity contribution is 5.76. The summed E-state index contributed by atoms with van der Waals surface area (Å²) in [6.07, 6.45) is 0. The lowest BCUT2D eigenvalue weighted by atomic mass is 10.1. The average molecular weight is 263 g/mol. The number of esters is 1. The van der Waals surface area contributed by atoms with Crippen LogP contribution in [0.5, 0.6) is 0 Å². The molecule has 7 nitrogen and oxygen atoms in total. The SMILES string of the molecule is CCN(CC(=O)OC)c1ccc([N+](=O)[O-])c(C#N)c1. The molecule has 0 aliphatic carbocycles. The predicted octanol–water partition coefficient (Wildman–Crippen LogP) is 1.47. The largest absolute Gasteiger partial charge is 0.468 e. The summed E-state index contributed by atoms with van der Waals surface area (Å²) in [5.41, 5.74) is 0.279. The second-order valence-electron chi connectivity index (χ2n) is 3.66. The van der Waals surface area contributed by atoms with Gasteiger partial charge in [-0.25, -0.2) is 0 Å². The highest BCUT2D eigenvalue weighted by atomic mass is 16.6. The number of methoxy groups -OCH3 is 1. The van der Waals surface area contributed by atoms with Crippen LogP contribution < -0.4 is 4.90 Å². The van der Waals surface area contributed by atoms with Crippen molar-refractivity contribution in [2.45, 2.75) is 6.92 Å². The maximum atomic E-state index is 11.2. The summed E-state index contributed by atoms with van der Waals surface area (Å²) in [7, 11) is 1.28. The Morgan fingerprint density at radius 1 is 1.58 bits per heavy atom. The van der Waals surface area contributed by atoms with Gasteiger partial charge in [-0.15, -0.1) is 0 Å². The first-order valence-electron chi connectivity index (χ1n) is 5.53. The minimum Gasteiger partial charge on any atom is -0.468 e. The molecule has 0 unspecified atom stereocenters. The summed E-state index contributed by atoms with van der Waals surface area (Å²) < 4.78 is 4.57. The fraction of sp³-hybridized carbons (Fsp3) is 0.333. The van der Waals surface area contributed by atoms with Gasteiger partial charge in [-0.05, 0) is 19.1 Å². The van der Waals surface area contributed by atoms with Crippen LogP contribution in [0.1, 0.15) is 12.5 Å². The summed E-state index contributed by atoms with van der Waals surface area (Å²) in [4.78, 5) is 23.0. The van der Waals surface area contributed by atoms with Crippen molar-refractivity contribution in [3.63, 3.8) is 0 Å². The number of nitro benzene ring substituents is 1. The van der Waals surface area contributed by atoms with Gasteiger partial charge in [-0.2, -0.15) is 5.26 Å². The third-order valence-corrected chi connectivity index (χ3v) is 2.59.